The molecule has 4 rings (SSSR count). The number of sulfonamides is 1. The van der Waals surface area contributed by atoms with Crippen molar-refractivity contribution in [1.29, 1.82) is 0 Å². The molecular formula is C23H26N2O4S. The Morgan fingerprint density at radius 3 is 2.70 bits per heavy atom. The van der Waals surface area contributed by atoms with Crippen LogP contribution in [-0.2, 0) is 21.2 Å². The molecule has 1 amide bonds. The summed E-state index contributed by atoms with van der Waals surface area (Å²) in [6.45, 7) is 5.18. The van der Waals surface area contributed by atoms with Crippen LogP contribution in [0.5, 0.6) is 0 Å². The molecule has 0 unspecified atom stereocenters. The van der Waals surface area contributed by atoms with E-state index in [0.717, 1.165) is 34.9 Å². The molecule has 3 aromatic rings. The Morgan fingerprint density at radius 1 is 1.20 bits per heavy atom. The van der Waals surface area contributed by atoms with Crippen LogP contribution < -0.4 is 5.32 Å². The summed E-state index contributed by atoms with van der Waals surface area (Å²) >= 11 is 0. The van der Waals surface area contributed by atoms with Crippen molar-refractivity contribution in [2.75, 3.05) is 18.4 Å². The van der Waals surface area contributed by atoms with Crippen molar-refractivity contribution in [3.05, 3.63) is 59.9 Å². The van der Waals surface area contributed by atoms with Crippen molar-refractivity contribution in [3.63, 3.8) is 0 Å². The Kier molecular flexibility index (Phi) is 5.66. The molecule has 1 N–H and O–H groups in total. The molecule has 1 fully saturated rings. The number of nitrogens with zero attached hydrogens (tertiary/aromatic N) is 1. The smallest absolute Gasteiger partial charge is 0.243 e. The maximum Gasteiger partial charge on any atom is 0.243 e. The maximum atomic E-state index is 12.9. The molecule has 0 spiro atoms. The van der Waals surface area contributed by atoms with E-state index in [1.807, 2.05) is 25.1 Å². The van der Waals surface area contributed by atoms with Gasteiger partial charge in [0.25, 0.3) is 0 Å². The Morgan fingerprint density at radius 2 is 1.97 bits per heavy atom. The lowest BCUT2D eigenvalue weighted by atomic mass is 10.0. The second-order valence-corrected chi connectivity index (χ2v) is 10.1. The van der Waals surface area contributed by atoms with Gasteiger partial charge in [0, 0.05) is 29.7 Å². The SMILES string of the molecule is Cc1ccc2occ(CC(=O)Nc3ccc(S(=O)(=O)N4CCC[C@H](C)C4)cc3)c2c1. The molecule has 1 saturated heterocycles. The fraction of sp³-hybridized carbons (Fsp3) is 0.348. The van der Waals surface area contributed by atoms with Crippen LogP contribution in [0.15, 0.2) is 58.0 Å². The molecule has 0 saturated carbocycles. The molecule has 158 valence electrons. The van der Waals surface area contributed by atoms with Crippen molar-refractivity contribution >= 4 is 32.6 Å². The van der Waals surface area contributed by atoms with Crippen LogP contribution in [0.2, 0.25) is 0 Å². The average Bonchev–Trinajstić information content (AvgIpc) is 3.10. The zero-order valence-corrected chi connectivity index (χ0v) is 18.0. The molecule has 1 aliphatic rings. The number of piperidine rings is 1. The minimum Gasteiger partial charge on any atom is -0.464 e. The number of anilines is 1. The first-order valence-corrected chi connectivity index (χ1v) is 11.6. The third-order valence-electron chi connectivity index (χ3n) is 5.56. The summed E-state index contributed by atoms with van der Waals surface area (Å²) in [5.41, 5.74) is 3.25. The summed E-state index contributed by atoms with van der Waals surface area (Å²) in [6, 6.07) is 12.2. The third kappa shape index (κ3) is 4.27. The predicted octanol–water partition coefficient (Wildman–Crippen LogP) is 4.34. The topological polar surface area (TPSA) is 79.6 Å². The van der Waals surface area contributed by atoms with E-state index < -0.39 is 10.0 Å². The summed E-state index contributed by atoms with van der Waals surface area (Å²) in [5.74, 6) is 0.189. The molecular weight excluding hydrogens is 400 g/mol. The molecule has 0 aliphatic carbocycles. The van der Waals surface area contributed by atoms with Crippen LogP contribution in [-0.4, -0.2) is 31.7 Å². The summed E-state index contributed by atoms with van der Waals surface area (Å²) in [4.78, 5) is 12.7. The van der Waals surface area contributed by atoms with Gasteiger partial charge in [-0.05, 0) is 62.1 Å². The molecule has 0 radical (unpaired) electrons. The van der Waals surface area contributed by atoms with Crippen molar-refractivity contribution in [3.8, 4) is 0 Å². The van der Waals surface area contributed by atoms with Crippen molar-refractivity contribution in [2.45, 2.75) is 38.0 Å². The van der Waals surface area contributed by atoms with Gasteiger partial charge in [-0.15, -0.1) is 0 Å². The summed E-state index contributed by atoms with van der Waals surface area (Å²) in [6.07, 6.45) is 3.74. The first-order chi connectivity index (χ1) is 14.3. The zero-order valence-electron chi connectivity index (χ0n) is 17.2. The van der Waals surface area contributed by atoms with Gasteiger partial charge in [-0.1, -0.05) is 18.6 Å². The second-order valence-electron chi connectivity index (χ2n) is 8.12. The van der Waals surface area contributed by atoms with Crippen molar-refractivity contribution < 1.29 is 17.6 Å². The Balaban J connectivity index is 1.44. The van der Waals surface area contributed by atoms with E-state index in [2.05, 4.69) is 12.2 Å². The molecule has 1 aromatic heterocycles. The number of carbonyl (C=O) groups is 1. The van der Waals surface area contributed by atoms with Crippen LogP contribution in [0.3, 0.4) is 0 Å². The fourth-order valence-electron chi connectivity index (χ4n) is 3.93. The minimum absolute atomic E-state index is 0.181. The number of furan rings is 1. The second kappa shape index (κ2) is 8.24. The van der Waals surface area contributed by atoms with E-state index in [0.29, 0.717) is 24.7 Å². The van der Waals surface area contributed by atoms with Gasteiger partial charge in [0.15, 0.2) is 0 Å². The standard InChI is InChI=1S/C23H26N2O4S/c1-16-5-10-22-21(12-16)18(15-29-22)13-23(26)24-19-6-8-20(9-7-19)30(27,28)25-11-3-4-17(2)14-25/h5-10,12,15,17H,3-4,11,13-14H2,1-2H3,(H,24,26)/t17-/m0/s1. The van der Waals surface area contributed by atoms with Gasteiger partial charge in [0.1, 0.15) is 5.58 Å². The number of aryl methyl sites for hydroxylation is 1. The Labute approximate surface area is 176 Å². The van der Waals surface area contributed by atoms with Crippen LogP contribution in [0, 0.1) is 12.8 Å². The summed E-state index contributed by atoms with van der Waals surface area (Å²) < 4.78 is 32.8. The number of hydrogen-bond donors (Lipinski definition) is 1. The molecule has 2 aromatic carbocycles. The lowest BCUT2D eigenvalue weighted by Crippen LogP contribution is -2.39. The van der Waals surface area contributed by atoms with E-state index in [1.165, 1.54) is 0 Å². The van der Waals surface area contributed by atoms with E-state index in [-0.39, 0.29) is 17.2 Å². The maximum absolute atomic E-state index is 12.9. The van der Waals surface area contributed by atoms with Crippen LogP contribution in [0.25, 0.3) is 11.0 Å². The average molecular weight is 427 g/mol. The molecule has 1 aliphatic heterocycles. The van der Waals surface area contributed by atoms with Gasteiger partial charge in [-0.3, -0.25) is 4.79 Å². The third-order valence-corrected chi connectivity index (χ3v) is 7.44. The Hall–Kier alpha value is -2.64. The molecule has 0 bridgehead atoms. The number of amides is 1. The monoisotopic (exact) mass is 426 g/mol. The summed E-state index contributed by atoms with van der Waals surface area (Å²) in [5, 5.41) is 3.77. The first-order valence-electron chi connectivity index (χ1n) is 10.2. The molecule has 30 heavy (non-hydrogen) atoms. The molecule has 6 nitrogen and oxygen atoms in total. The lowest BCUT2D eigenvalue weighted by molar-refractivity contribution is -0.115. The van der Waals surface area contributed by atoms with E-state index in [9.17, 15) is 13.2 Å². The molecule has 1 atom stereocenters. The lowest BCUT2D eigenvalue weighted by Gasteiger charge is -2.30. The number of benzene rings is 2. The zero-order chi connectivity index (χ0) is 21.3. The highest BCUT2D eigenvalue weighted by atomic mass is 32.2. The normalized spacial score (nSPS) is 17.9. The van der Waals surface area contributed by atoms with Gasteiger partial charge in [-0.25, -0.2) is 8.42 Å². The number of carbonyl (C=O) groups excluding carboxylic acids is 1. The number of fused-ring (bicyclic) bond motifs is 1. The molecule has 7 heteroatoms. The number of nitrogens with one attached hydrogen (secondary N) is 1. The van der Waals surface area contributed by atoms with E-state index in [1.54, 1.807) is 34.8 Å². The van der Waals surface area contributed by atoms with Gasteiger partial charge >= 0.3 is 0 Å². The van der Waals surface area contributed by atoms with Crippen molar-refractivity contribution in [2.24, 2.45) is 5.92 Å². The number of hydrogen-bond acceptors (Lipinski definition) is 4. The Bertz CT molecular complexity index is 1170. The fourth-order valence-corrected chi connectivity index (χ4v) is 5.53. The minimum atomic E-state index is -3.50. The van der Waals surface area contributed by atoms with Gasteiger partial charge in [0.2, 0.25) is 15.9 Å². The number of rotatable bonds is 5. The largest absolute Gasteiger partial charge is 0.464 e. The van der Waals surface area contributed by atoms with Crippen LogP contribution >= 0.6 is 0 Å². The quantitative estimate of drug-likeness (QED) is 0.658. The van der Waals surface area contributed by atoms with Crippen molar-refractivity contribution in [1.82, 2.24) is 4.31 Å². The van der Waals surface area contributed by atoms with E-state index in [4.69, 9.17) is 4.42 Å². The van der Waals surface area contributed by atoms with Gasteiger partial charge < -0.3 is 9.73 Å². The predicted molar refractivity (Wildman–Crippen MR) is 117 cm³/mol. The summed E-state index contributed by atoms with van der Waals surface area (Å²) in [7, 11) is -3.50. The highest BCUT2D eigenvalue weighted by molar-refractivity contribution is 7.89. The van der Waals surface area contributed by atoms with Gasteiger partial charge in [0.05, 0.1) is 17.6 Å². The molecule has 2 heterocycles. The van der Waals surface area contributed by atoms with Gasteiger partial charge in [-0.2, -0.15) is 4.31 Å². The highest BCUT2D eigenvalue weighted by Crippen LogP contribution is 2.25. The van der Waals surface area contributed by atoms with E-state index >= 15 is 0 Å². The van der Waals surface area contributed by atoms with Crippen LogP contribution in [0.4, 0.5) is 5.69 Å². The van der Waals surface area contributed by atoms with Crippen LogP contribution in [0.1, 0.15) is 30.9 Å². The first kappa shape index (κ1) is 20.6. The highest BCUT2D eigenvalue weighted by Gasteiger charge is 2.28.